The molecule has 4 heteroatoms. The van der Waals surface area contributed by atoms with E-state index in [1.54, 1.807) is 0 Å². The Morgan fingerprint density at radius 3 is 2.54 bits per heavy atom. The Morgan fingerprint density at radius 1 is 1.19 bits per heavy atom. The van der Waals surface area contributed by atoms with Gasteiger partial charge < -0.3 is 10.1 Å². The molecule has 2 aromatic rings. The van der Waals surface area contributed by atoms with E-state index in [1.807, 2.05) is 36.4 Å². The van der Waals surface area contributed by atoms with Gasteiger partial charge in [0, 0.05) is 18.0 Å². The fraction of sp³-hybridized carbons (Fsp3) is 0.318. The van der Waals surface area contributed by atoms with Crippen LogP contribution in [0.1, 0.15) is 42.9 Å². The Balaban J connectivity index is 1.89. The van der Waals surface area contributed by atoms with Crippen molar-refractivity contribution in [1.29, 1.82) is 0 Å². The van der Waals surface area contributed by atoms with Gasteiger partial charge in [0.2, 0.25) is 5.91 Å². The number of hydrogen-bond acceptors (Lipinski definition) is 2. The van der Waals surface area contributed by atoms with Gasteiger partial charge in [-0.05, 0) is 47.2 Å². The minimum absolute atomic E-state index is 0.0266. The number of nitrogens with one attached hydrogen (secondary N) is 1. The standard InChI is InChI=1S/C22H24ClNO2/c1-4-13-26-21-11-7-17(14-20(21)16(2)3)8-12-22(25)24-15-18-5-9-19(23)10-6-18/h1,5-7,9-11,14,16H,8,12-13,15H2,2-3H3,(H,24,25). The molecule has 0 saturated carbocycles. The zero-order valence-electron chi connectivity index (χ0n) is 15.2. The second kappa shape index (κ2) is 9.89. The summed E-state index contributed by atoms with van der Waals surface area (Å²) in [5.41, 5.74) is 3.25. The van der Waals surface area contributed by atoms with Crippen molar-refractivity contribution < 1.29 is 9.53 Å². The molecule has 0 unspecified atom stereocenters. The van der Waals surface area contributed by atoms with Gasteiger partial charge in [-0.2, -0.15) is 0 Å². The first-order valence-corrected chi connectivity index (χ1v) is 9.07. The molecule has 2 rings (SSSR count). The molecule has 1 N–H and O–H groups in total. The van der Waals surface area contributed by atoms with Crippen molar-refractivity contribution in [1.82, 2.24) is 5.32 Å². The number of rotatable bonds is 8. The van der Waals surface area contributed by atoms with Gasteiger partial charge in [-0.3, -0.25) is 4.79 Å². The number of carbonyl (C=O) groups excluding carboxylic acids is 1. The number of aryl methyl sites for hydroxylation is 1. The predicted octanol–water partition coefficient (Wildman–Crippen LogP) is 4.72. The topological polar surface area (TPSA) is 38.3 Å². The zero-order valence-corrected chi connectivity index (χ0v) is 16.0. The van der Waals surface area contributed by atoms with E-state index in [2.05, 4.69) is 31.2 Å². The van der Waals surface area contributed by atoms with Crippen LogP contribution in [0.25, 0.3) is 0 Å². The van der Waals surface area contributed by atoms with Gasteiger partial charge in [-0.25, -0.2) is 0 Å². The number of benzene rings is 2. The molecule has 0 aliphatic carbocycles. The molecular weight excluding hydrogens is 346 g/mol. The van der Waals surface area contributed by atoms with Gasteiger partial charge in [0.15, 0.2) is 0 Å². The normalized spacial score (nSPS) is 10.4. The number of hydrogen-bond donors (Lipinski definition) is 1. The monoisotopic (exact) mass is 369 g/mol. The van der Waals surface area contributed by atoms with Crippen molar-refractivity contribution in [2.24, 2.45) is 0 Å². The Kier molecular flexibility index (Phi) is 7.56. The first-order valence-electron chi connectivity index (χ1n) is 8.70. The van der Waals surface area contributed by atoms with Crippen LogP contribution in [0.5, 0.6) is 5.75 Å². The van der Waals surface area contributed by atoms with Gasteiger partial charge >= 0.3 is 0 Å². The lowest BCUT2D eigenvalue weighted by molar-refractivity contribution is -0.121. The van der Waals surface area contributed by atoms with E-state index in [9.17, 15) is 4.79 Å². The fourth-order valence-corrected chi connectivity index (χ4v) is 2.73. The lowest BCUT2D eigenvalue weighted by Crippen LogP contribution is -2.23. The average molecular weight is 370 g/mol. The molecule has 0 bridgehead atoms. The summed E-state index contributed by atoms with van der Waals surface area (Å²) in [5, 5.41) is 3.63. The minimum atomic E-state index is 0.0266. The van der Waals surface area contributed by atoms with Crippen LogP contribution in [0.3, 0.4) is 0 Å². The highest BCUT2D eigenvalue weighted by molar-refractivity contribution is 6.30. The lowest BCUT2D eigenvalue weighted by atomic mass is 9.97. The summed E-state index contributed by atoms with van der Waals surface area (Å²) in [6.07, 6.45) is 6.39. The molecule has 136 valence electrons. The Morgan fingerprint density at radius 2 is 1.88 bits per heavy atom. The van der Waals surface area contributed by atoms with E-state index in [1.165, 1.54) is 0 Å². The summed E-state index contributed by atoms with van der Waals surface area (Å²) in [6.45, 7) is 4.99. The van der Waals surface area contributed by atoms with Crippen molar-refractivity contribution in [2.75, 3.05) is 6.61 Å². The van der Waals surface area contributed by atoms with Gasteiger partial charge in [-0.15, -0.1) is 6.42 Å². The van der Waals surface area contributed by atoms with Crippen molar-refractivity contribution in [2.45, 2.75) is 39.2 Å². The van der Waals surface area contributed by atoms with E-state index in [0.717, 1.165) is 22.4 Å². The van der Waals surface area contributed by atoms with Crippen molar-refractivity contribution in [3.63, 3.8) is 0 Å². The van der Waals surface area contributed by atoms with Gasteiger partial charge in [0.25, 0.3) is 0 Å². The third-order valence-corrected chi connectivity index (χ3v) is 4.30. The molecule has 0 spiro atoms. The third kappa shape index (κ3) is 6.13. The highest BCUT2D eigenvalue weighted by Crippen LogP contribution is 2.28. The molecule has 0 aliphatic heterocycles. The Bertz CT molecular complexity index is 776. The number of ether oxygens (including phenoxy) is 1. The molecular formula is C22H24ClNO2. The van der Waals surface area contributed by atoms with Gasteiger partial charge in [0.1, 0.15) is 12.4 Å². The van der Waals surface area contributed by atoms with Crippen LogP contribution in [0.15, 0.2) is 42.5 Å². The molecule has 0 radical (unpaired) electrons. The molecule has 0 aliphatic rings. The second-order valence-electron chi connectivity index (χ2n) is 6.42. The average Bonchev–Trinajstić information content (AvgIpc) is 2.64. The molecule has 3 nitrogen and oxygen atoms in total. The first-order chi connectivity index (χ1) is 12.5. The largest absolute Gasteiger partial charge is 0.481 e. The summed E-state index contributed by atoms with van der Waals surface area (Å²) >= 11 is 5.86. The van der Waals surface area contributed by atoms with E-state index >= 15 is 0 Å². The summed E-state index contributed by atoms with van der Waals surface area (Å²) in [6, 6.07) is 13.5. The van der Waals surface area contributed by atoms with Gasteiger partial charge in [-0.1, -0.05) is 55.6 Å². The quantitative estimate of drug-likeness (QED) is 0.683. The fourth-order valence-electron chi connectivity index (χ4n) is 2.60. The highest BCUT2D eigenvalue weighted by Gasteiger charge is 2.10. The molecule has 0 saturated heterocycles. The molecule has 0 fully saturated rings. The van der Waals surface area contributed by atoms with E-state index in [0.29, 0.717) is 30.3 Å². The molecule has 26 heavy (non-hydrogen) atoms. The molecule has 0 heterocycles. The number of amides is 1. The minimum Gasteiger partial charge on any atom is -0.481 e. The van der Waals surface area contributed by atoms with Gasteiger partial charge in [0.05, 0.1) is 0 Å². The lowest BCUT2D eigenvalue weighted by Gasteiger charge is -2.14. The van der Waals surface area contributed by atoms with Crippen LogP contribution in [0, 0.1) is 12.3 Å². The Hall–Kier alpha value is -2.44. The molecule has 0 aromatic heterocycles. The SMILES string of the molecule is C#CCOc1ccc(CCC(=O)NCc2ccc(Cl)cc2)cc1C(C)C. The van der Waals surface area contributed by atoms with Crippen LogP contribution in [0.2, 0.25) is 5.02 Å². The van der Waals surface area contributed by atoms with Crippen LogP contribution < -0.4 is 10.1 Å². The predicted molar refractivity (Wildman–Crippen MR) is 106 cm³/mol. The maximum absolute atomic E-state index is 12.1. The second-order valence-corrected chi connectivity index (χ2v) is 6.86. The summed E-state index contributed by atoms with van der Waals surface area (Å²) < 4.78 is 5.60. The molecule has 2 aromatic carbocycles. The zero-order chi connectivity index (χ0) is 18.9. The van der Waals surface area contributed by atoms with Crippen LogP contribution >= 0.6 is 11.6 Å². The van der Waals surface area contributed by atoms with E-state index < -0.39 is 0 Å². The maximum Gasteiger partial charge on any atom is 0.220 e. The summed E-state index contributed by atoms with van der Waals surface area (Å²) in [5.74, 6) is 3.65. The summed E-state index contributed by atoms with van der Waals surface area (Å²) in [7, 11) is 0. The van der Waals surface area contributed by atoms with Crippen molar-refractivity contribution in [3.8, 4) is 18.1 Å². The maximum atomic E-state index is 12.1. The van der Waals surface area contributed by atoms with Crippen LogP contribution in [-0.4, -0.2) is 12.5 Å². The molecule has 0 atom stereocenters. The highest BCUT2D eigenvalue weighted by atomic mass is 35.5. The number of carbonyl (C=O) groups is 1. The number of terminal acetylenes is 1. The van der Waals surface area contributed by atoms with Crippen molar-refractivity contribution >= 4 is 17.5 Å². The van der Waals surface area contributed by atoms with E-state index in [-0.39, 0.29) is 12.5 Å². The van der Waals surface area contributed by atoms with E-state index in [4.69, 9.17) is 22.8 Å². The smallest absolute Gasteiger partial charge is 0.220 e. The van der Waals surface area contributed by atoms with Crippen molar-refractivity contribution in [3.05, 3.63) is 64.2 Å². The Labute approximate surface area is 160 Å². The van der Waals surface area contributed by atoms with Crippen LogP contribution in [0.4, 0.5) is 0 Å². The molecule has 1 amide bonds. The summed E-state index contributed by atoms with van der Waals surface area (Å²) in [4.78, 5) is 12.1. The first kappa shape index (κ1) is 19.9. The number of halogens is 1. The van der Waals surface area contributed by atoms with Crippen LogP contribution in [-0.2, 0) is 17.8 Å². The third-order valence-electron chi connectivity index (χ3n) is 4.05.